The summed E-state index contributed by atoms with van der Waals surface area (Å²) in [4.78, 5) is 13.6. The van der Waals surface area contributed by atoms with Crippen molar-refractivity contribution in [3.63, 3.8) is 0 Å². The summed E-state index contributed by atoms with van der Waals surface area (Å²) in [5.41, 5.74) is 1.12. The van der Waals surface area contributed by atoms with Crippen LogP contribution >= 0.6 is 15.9 Å². The minimum atomic E-state index is 0.169. The molecular formula is C15H18BrNO. The molecule has 2 nitrogen and oxygen atoms in total. The van der Waals surface area contributed by atoms with Crippen molar-refractivity contribution in [2.24, 2.45) is 0 Å². The summed E-state index contributed by atoms with van der Waals surface area (Å²) in [6.07, 6.45) is 8.28. The first kappa shape index (κ1) is 14.8. The van der Waals surface area contributed by atoms with Crippen molar-refractivity contribution >= 4 is 21.8 Å². The summed E-state index contributed by atoms with van der Waals surface area (Å²) in [6, 6.07) is 7.95. The molecule has 96 valence electrons. The number of terminal acetylenes is 1. The number of carbonyl (C=O) groups excluding carboxylic acids is 1. The van der Waals surface area contributed by atoms with E-state index in [0.717, 1.165) is 29.3 Å². The highest BCUT2D eigenvalue weighted by Crippen LogP contribution is 2.17. The second kappa shape index (κ2) is 7.94. The molecule has 3 heteroatoms. The average molecular weight is 308 g/mol. The molecule has 0 atom stereocenters. The minimum absolute atomic E-state index is 0.169. The van der Waals surface area contributed by atoms with Crippen molar-refractivity contribution < 1.29 is 4.79 Å². The van der Waals surface area contributed by atoms with E-state index in [1.807, 2.05) is 31.3 Å². The van der Waals surface area contributed by atoms with E-state index < -0.39 is 0 Å². The van der Waals surface area contributed by atoms with Crippen LogP contribution in [0.4, 0.5) is 0 Å². The topological polar surface area (TPSA) is 20.3 Å². The maximum Gasteiger partial charge on any atom is 0.222 e. The average Bonchev–Trinajstić information content (AvgIpc) is 2.37. The number of carbonyl (C=O) groups is 1. The molecule has 0 bridgehead atoms. The van der Waals surface area contributed by atoms with Crippen LogP contribution < -0.4 is 0 Å². The molecule has 0 aliphatic rings. The third-order valence-electron chi connectivity index (χ3n) is 2.75. The monoisotopic (exact) mass is 307 g/mol. The summed E-state index contributed by atoms with van der Waals surface area (Å²) in [6.45, 7) is 0.634. The Morgan fingerprint density at radius 3 is 2.78 bits per heavy atom. The molecule has 0 fully saturated rings. The van der Waals surface area contributed by atoms with Crippen LogP contribution in [0.3, 0.4) is 0 Å². The van der Waals surface area contributed by atoms with Crippen LogP contribution in [0.2, 0.25) is 0 Å². The van der Waals surface area contributed by atoms with Crippen LogP contribution in [0, 0.1) is 12.3 Å². The SMILES string of the molecule is C#CCCCCC(=O)N(C)Cc1ccccc1Br. The van der Waals surface area contributed by atoms with Crippen molar-refractivity contribution in [3.05, 3.63) is 34.3 Å². The molecule has 1 aromatic rings. The number of hydrogen-bond donors (Lipinski definition) is 0. The quantitative estimate of drug-likeness (QED) is 0.581. The Bertz CT molecular complexity index is 436. The van der Waals surface area contributed by atoms with Gasteiger partial charge in [0.15, 0.2) is 0 Å². The zero-order chi connectivity index (χ0) is 13.4. The number of unbranched alkanes of at least 4 members (excludes halogenated alkanes) is 2. The predicted octanol–water partition coefficient (Wildman–Crippen LogP) is 3.60. The molecule has 1 rings (SSSR count). The van der Waals surface area contributed by atoms with E-state index in [4.69, 9.17) is 6.42 Å². The van der Waals surface area contributed by atoms with Crippen LogP contribution in [-0.2, 0) is 11.3 Å². The van der Waals surface area contributed by atoms with E-state index in [-0.39, 0.29) is 5.91 Å². The molecule has 0 N–H and O–H groups in total. The third-order valence-corrected chi connectivity index (χ3v) is 3.53. The van der Waals surface area contributed by atoms with E-state index in [9.17, 15) is 4.79 Å². The maximum absolute atomic E-state index is 11.9. The third kappa shape index (κ3) is 4.93. The number of halogens is 1. The number of nitrogens with zero attached hydrogens (tertiary/aromatic N) is 1. The zero-order valence-electron chi connectivity index (χ0n) is 10.7. The molecule has 0 saturated heterocycles. The highest BCUT2D eigenvalue weighted by Gasteiger charge is 2.10. The van der Waals surface area contributed by atoms with E-state index >= 15 is 0 Å². The molecule has 1 amide bonds. The van der Waals surface area contributed by atoms with Crippen molar-refractivity contribution in [3.8, 4) is 12.3 Å². The highest BCUT2D eigenvalue weighted by atomic mass is 79.9. The number of benzene rings is 1. The van der Waals surface area contributed by atoms with Crippen molar-refractivity contribution in [1.29, 1.82) is 0 Å². The van der Waals surface area contributed by atoms with Crippen LogP contribution in [-0.4, -0.2) is 17.9 Å². The van der Waals surface area contributed by atoms with Crippen LogP contribution in [0.5, 0.6) is 0 Å². The van der Waals surface area contributed by atoms with Crippen molar-refractivity contribution in [2.45, 2.75) is 32.2 Å². The van der Waals surface area contributed by atoms with E-state index in [1.165, 1.54) is 0 Å². The molecule has 0 aliphatic carbocycles. The maximum atomic E-state index is 11.9. The summed E-state index contributed by atoms with van der Waals surface area (Å²) in [5, 5.41) is 0. The molecule has 0 unspecified atom stereocenters. The smallest absolute Gasteiger partial charge is 0.222 e. The van der Waals surface area contributed by atoms with Gasteiger partial charge in [-0.2, -0.15) is 0 Å². The van der Waals surface area contributed by atoms with Crippen LogP contribution in [0.25, 0.3) is 0 Å². The first-order valence-corrected chi connectivity index (χ1v) is 6.85. The standard InChI is InChI=1S/C15H18BrNO/c1-3-4-5-6-11-15(18)17(2)12-13-9-7-8-10-14(13)16/h1,7-10H,4-6,11-12H2,2H3. The Hall–Kier alpha value is -1.27. The Morgan fingerprint density at radius 1 is 1.39 bits per heavy atom. The molecule has 18 heavy (non-hydrogen) atoms. The van der Waals surface area contributed by atoms with Gasteiger partial charge in [-0.25, -0.2) is 0 Å². The Kier molecular flexibility index (Phi) is 6.53. The number of amides is 1. The molecule has 0 heterocycles. The second-order valence-electron chi connectivity index (χ2n) is 4.25. The van der Waals surface area contributed by atoms with Gasteiger partial charge < -0.3 is 4.90 Å². The highest BCUT2D eigenvalue weighted by molar-refractivity contribution is 9.10. The second-order valence-corrected chi connectivity index (χ2v) is 5.11. The Balaban J connectivity index is 2.41. The summed E-state index contributed by atoms with van der Waals surface area (Å²) < 4.78 is 1.04. The molecule has 0 aromatic heterocycles. The molecular weight excluding hydrogens is 290 g/mol. The van der Waals surface area contributed by atoms with Crippen molar-refractivity contribution in [2.75, 3.05) is 7.05 Å². The molecule has 0 spiro atoms. The van der Waals surface area contributed by atoms with Gasteiger partial charge in [-0.15, -0.1) is 12.3 Å². The summed E-state index contributed by atoms with van der Waals surface area (Å²) in [5.74, 6) is 2.76. The van der Waals surface area contributed by atoms with Gasteiger partial charge in [-0.05, 0) is 24.5 Å². The normalized spacial score (nSPS) is 9.83. The van der Waals surface area contributed by atoms with Gasteiger partial charge in [-0.3, -0.25) is 4.79 Å². The van der Waals surface area contributed by atoms with E-state index in [1.54, 1.807) is 4.90 Å². The van der Waals surface area contributed by atoms with Crippen LogP contribution in [0.1, 0.15) is 31.2 Å². The summed E-state index contributed by atoms with van der Waals surface area (Å²) >= 11 is 3.49. The lowest BCUT2D eigenvalue weighted by molar-refractivity contribution is -0.130. The van der Waals surface area contributed by atoms with E-state index in [0.29, 0.717) is 13.0 Å². The fourth-order valence-corrected chi connectivity index (χ4v) is 2.07. The molecule has 1 aromatic carbocycles. The number of hydrogen-bond acceptors (Lipinski definition) is 1. The lowest BCUT2D eigenvalue weighted by atomic mass is 10.1. The fourth-order valence-electron chi connectivity index (χ4n) is 1.66. The van der Waals surface area contributed by atoms with Gasteiger partial charge in [0, 0.05) is 30.9 Å². The summed E-state index contributed by atoms with van der Waals surface area (Å²) in [7, 11) is 1.84. The van der Waals surface area contributed by atoms with Crippen LogP contribution in [0.15, 0.2) is 28.7 Å². The molecule has 0 radical (unpaired) electrons. The lowest BCUT2D eigenvalue weighted by Crippen LogP contribution is -2.26. The zero-order valence-corrected chi connectivity index (χ0v) is 12.2. The first-order chi connectivity index (χ1) is 8.65. The molecule has 0 aliphatic heterocycles. The first-order valence-electron chi connectivity index (χ1n) is 6.06. The Morgan fingerprint density at radius 2 is 2.11 bits per heavy atom. The molecule has 0 saturated carbocycles. The lowest BCUT2D eigenvalue weighted by Gasteiger charge is -2.18. The van der Waals surface area contributed by atoms with E-state index in [2.05, 4.69) is 21.9 Å². The fraction of sp³-hybridized carbons (Fsp3) is 0.400. The van der Waals surface area contributed by atoms with Gasteiger partial charge in [0.25, 0.3) is 0 Å². The minimum Gasteiger partial charge on any atom is -0.341 e. The van der Waals surface area contributed by atoms with Gasteiger partial charge in [-0.1, -0.05) is 34.1 Å². The van der Waals surface area contributed by atoms with Gasteiger partial charge in [0.05, 0.1) is 0 Å². The van der Waals surface area contributed by atoms with Gasteiger partial charge in [0.1, 0.15) is 0 Å². The van der Waals surface area contributed by atoms with Crippen molar-refractivity contribution in [1.82, 2.24) is 4.90 Å². The van der Waals surface area contributed by atoms with Gasteiger partial charge in [0.2, 0.25) is 5.91 Å². The largest absolute Gasteiger partial charge is 0.341 e. The predicted molar refractivity (Wildman–Crippen MR) is 77.9 cm³/mol. The Labute approximate surface area is 118 Å². The number of rotatable bonds is 6. The van der Waals surface area contributed by atoms with Gasteiger partial charge >= 0.3 is 0 Å².